The number of hydrogen-bond donors (Lipinski definition) is 7. The summed E-state index contributed by atoms with van der Waals surface area (Å²) in [5.41, 5.74) is 11.8. The average Bonchev–Trinajstić information content (AvgIpc) is 3.19. The van der Waals surface area contributed by atoms with Gasteiger partial charge in [0.1, 0.15) is 24.2 Å². The molecule has 0 unspecified atom stereocenters. The van der Waals surface area contributed by atoms with Gasteiger partial charge in [0, 0.05) is 19.3 Å². The van der Waals surface area contributed by atoms with Crippen molar-refractivity contribution in [1.82, 2.24) is 21.3 Å². The summed E-state index contributed by atoms with van der Waals surface area (Å²) in [7, 11) is 0. The minimum absolute atomic E-state index is 0.117. The molecule has 0 radical (unpaired) electrons. The fraction of sp³-hybridized carbons (Fsp3) is 0.705. The van der Waals surface area contributed by atoms with E-state index in [2.05, 4.69) is 21.3 Å². The minimum Gasteiger partial charge on any atom is -0.480 e. The van der Waals surface area contributed by atoms with E-state index in [9.17, 15) is 38.7 Å². The molecule has 0 bridgehead atoms. The summed E-state index contributed by atoms with van der Waals surface area (Å²) in [4.78, 5) is 87.0. The Morgan fingerprint density at radius 2 is 1.16 bits per heavy atom. The second-order valence-corrected chi connectivity index (χ2v) is 16.3. The van der Waals surface area contributed by atoms with Crippen LogP contribution in [-0.2, 0) is 40.0 Å². The number of carboxylic acid groups (broad SMARTS) is 1. The zero-order valence-corrected chi connectivity index (χ0v) is 35.1. The molecule has 9 N–H and O–H groups in total. The Morgan fingerprint density at radius 1 is 0.655 bits per heavy atom. The number of benzene rings is 1. The summed E-state index contributed by atoms with van der Waals surface area (Å²) in [5.74, 6) is -4.06. The van der Waals surface area contributed by atoms with Crippen molar-refractivity contribution in [3.63, 3.8) is 0 Å². The van der Waals surface area contributed by atoms with Gasteiger partial charge in [0.25, 0.3) is 0 Å². The fourth-order valence-electron chi connectivity index (χ4n) is 7.55. The number of primary amides is 2. The first kappa shape index (κ1) is 49.7. The third kappa shape index (κ3) is 21.3. The molecule has 1 aromatic carbocycles. The highest BCUT2D eigenvalue weighted by molar-refractivity contribution is 5.94. The van der Waals surface area contributed by atoms with E-state index in [4.69, 9.17) is 11.5 Å². The molecule has 14 heteroatoms. The van der Waals surface area contributed by atoms with Crippen LogP contribution < -0.4 is 32.7 Å². The second-order valence-electron chi connectivity index (χ2n) is 16.3. The van der Waals surface area contributed by atoms with Gasteiger partial charge >= 0.3 is 5.97 Å². The smallest absolute Gasteiger partial charge is 0.326 e. The van der Waals surface area contributed by atoms with E-state index in [1.165, 1.54) is 0 Å². The number of amides is 6. The third-order valence-corrected chi connectivity index (χ3v) is 11.3. The van der Waals surface area contributed by atoms with Crippen molar-refractivity contribution in [2.24, 2.45) is 23.3 Å². The standard InChI is InChI=1S/C44H72N6O8/c1-3-31(2)40(43(56)48-34(41(46)54)28-32-22-16-14-17-23-32)50-39(53)27-21-13-11-9-7-5-4-6-8-10-12-20-26-38(52)47-35(30-37(45)51)42(55)49-36(44(57)58)29-33-24-18-15-19-25-33/h14,16-17,22-23,31,33-36,40H,3-13,15,18-21,24-30H2,1-2H3,(H2,45,51)(H2,46,54)(H,47,52)(H,48,56)(H,49,55)(H,50,53)(H,57,58)/t31-,34-,35-,36-,40-/m0/s1. The van der Waals surface area contributed by atoms with Gasteiger partial charge in [-0.3, -0.25) is 28.8 Å². The number of aliphatic carboxylic acids is 1. The molecule has 1 fully saturated rings. The van der Waals surface area contributed by atoms with Gasteiger partial charge in [-0.15, -0.1) is 0 Å². The van der Waals surface area contributed by atoms with Crippen LogP contribution in [0, 0.1) is 11.8 Å². The molecule has 5 atom stereocenters. The number of carbonyl (C=O) groups excluding carboxylic acids is 6. The molecular weight excluding hydrogens is 741 g/mol. The molecule has 1 aromatic rings. The topological polar surface area (TPSA) is 240 Å². The van der Waals surface area contributed by atoms with E-state index in [0.29, 0.717) is 25.7 Å². The van der Waals surface area contributed by atoms with Crippen LogP contribution in [0.4, 0.5) is 0 Å². The van der Waals surface area contributed by atoms with Crippen LogP contribution in [0.2, 0.25) is 0 Å². The average molecular weight is 813 g/mol. The number of carboxylic acids is 1. The van der Waals surface area contributed by atoms with Crippen LogP contribution in [0.5, 0.6) is 0 Å². The van der Waals surface area contributed by atoms with Crippen LogP contribution in [0.25, 0.3) is 0 Å². The molecule has 6 amide bonds. The Kier molecular flexibility index (Phi) is 24.7. The van der Waals surface area contributed by atoms with Crippen LogP contribution in [0.3, 0.4) is 0 Å². The number of hydrogen-bond acceptors (Lipinski definition) is 7. The molecule has 1 saturated carbocycles. The second kappa shape index (κ2) is 28.8. The lowest BCUT2D eigenvalue weighted by atomic mass is 9.85. The van der Waals surface area contributed by atoms with Crippen molar-refractivity contribution in [3.8, 4) is 0 Å². The molecule has 58 heavy (non-hydrogen) atoms. The van der Waals surface area contributed by atoms with Gasteiger partial charge in [0.05, 0.1) is 6.42 Å². The van der Waals surface area contributed by atoms with E-state index in [-0.39, 0.29) is 36.5 Å². The summed E-state index contributed by atoms with van der Waals surface area (Å²) < 4.78 is 0. The maximum Gasteiger partial charge on any atom is 0.326 e. The molecule has 326 valence electrons. The predicted octanol–water partition coefficient (Wildman–Crippen LogP) is 5.09. The van der Waals surface area contributed by atoms with E-state index in [1.54, 1.807) is 0 Å². The molecular formula is C44H72N6O8. The van der Waals surface area contributed by atoms with Crippen LogP contribution >= 0.6 is 0 Å². The van der Waals surface area contributed by atoms with Crippen LogP contribution in [0.1, 0.15) is 161 Å². The van der Waals surface area contributed by atoms with E-state index < -0.39 is 60.2 Å². The molecule has 14 nitrogen and oxygen atoms in total. The lowest BCUT2D eigenvalue weighted by Crippen LogP contribution is -2.55. The van der Waals surface area contributed by atoms with Gasteiger partial charge in [0.15, 0.2) is 0 Å². The van der Waals surface area contributed by atoms with Crippen molar-refractivity contribution in [3.05, 3.63) is 35.9 Å². The normalized spacial score (nSPS) is 15.6. The molecule has 0 spiro atoms. The summed E-state index contributed by atoms with van der Waals surface area (Å²) in [6.45, 7) is 3.85. The molecule has 0 heterocycles. The lowest BCUT2D eigenvalue weighted by molar-refractivity contribution is -0.143. The predicted molar refractivity (Wildman–Crippen MR) is 224 cm³/mol. The number of nitrogens with two attached hydrogens (primary N) is 2. The van der Waals surface area contributed by atoms with Crippen molar-refractivity contribution < 1.29 is 38.7 Å². The summed E-state index contributed by atoms with van der Waals surface area (Å²) in [5, 5.41) is 20.4. The molecule has 2 rings (SSSR count). The first-order chi connectivity index (χ1) is 27.8. The molecule has 1 aliphatic rings. The van der Waals surface area contributed by atoms with Crippen LogP contribution in [0.15, 0.2) is 30.3 Å². The molecule has 0 aliphatic heterocycles. The largest absolute Gasteiger partial charge is 0.480 e. The minimum atomic E-state index is -1.21. The molecule has 0 saturated heterocycles. The Morgan fingerprint density at radius 3 is 1.64 bits per heavy atom. The van der Waals surface area contributed by atoms with Gasteiger partial charge in [-0.2, -0.15) is 0 Å². The first-order valence-corrected chi connectivity index (χ1v) is 21.8. The zero-order valence-electron chi connectivity index (χ0n) is 35.1. The number of carbonyl (C=O) groups is 7. The Labute approximate surface area is 345 Å². The van der Waals surface area contributed by atoms with Gasteiger partial charge in [0.2, 0.25) is 35.4 Å². The fourth-order valence-corrected chi connectivity index (χ4v) is 7.55. The Hall–Kier alpha value is -4.49. The molecule has 0 aromatic heterocycles. The van der Waals surface area contributed by atoms with E-state index in [0.717, 1.165) is 108 Å². The Bertz CT molecular complexity index is 1420. The van der Waals surface area contributed by atoms with Crippen molar-refractivity contribution >= 4 is 41.4 Å². The summed E-state index contributed by atoms with van der Waals surface area (Å²) in [6, 6.07) is 5.42. The quantitative estimate of drug-likeness (QED) is 0.0497. The highest BCUT2D eigenvalue weighted by atomic mass is 16.4. The van der Waals surface area contributed by atoms with Crippen molar-refractivity contribution in [1.29, 1.82) is 0 Å². The van der Waals surface area contributed by atoms with Crippen molar-refractivity contribution in [2.75, 3.05) is 0 Å². The summed E-state index contributed by atoms with van der Waals surface area (Å²) >= 11 is 0. The number of rotatable bonds is 31. The summed E-state index contributed by atoms with van der Waals surface area (Å²) in [6.07, 6.45) is 18.4. The first-order valence-electron chi connectivity index (χ1n) is 21.8. The van der Waals surface area contributed by atoms with Gasteiger partial charge in [-0.05, 0) is 36.7 Å². The van der Waals surface area contributed by atoms with Crippen molar-refractivity contribution in [2.45, 2.75) is 186 Å². The maximum absolute atomic E-state index is 13.2. The number of nitrogens with one attached hydrogen (secondary N) is 4. The van der Waals surface area contributed by atoms with Gasteiger partial charge in [-0.25, -0.2) is 4.79 Å². The Balaban J connectivity index is 1.55. The zero-order chi connectivity index (χ0) is 42.7. The van der Waals surface area contributed by atoms with Gasteiger partial charge < -0.3 is 37.8 Å². The van der Waals surface area contributed by atoms with Crippen LogP contribution in [-0.4, -0.2) is 70.7 Å². The lowest BCUT2D eigenvalue weighted by Gasteiger charge is -2.26. The highest BCUT2D eigenvalue weighted by Crippen LogP contribution is 2.27. The van der Waals surface area contributed by atoms with E-state index in [1.807, 2.05) is 44.2 Å². The van der Waals surface area contributed by atoms with Gasteiger partial charge in [-0.1, -0.05) is 147 Å². The monoisotopic (exact) mass is 813 g/mol. The number of unbranched alkanes of at least 4 members (excludes halogenated alkanes) is 11. The highest BCUT2D eigenvalue weighted by Gasteiger charge is 2.31. The SMILES string of the molecule is CC[C@H](C)[C@H](NC(=O)CCCCCCCCCCCCCCC(=O)N[C@@H](CC(N)=O)C(=O)N[C@@H](CC1CCCCC1)C(=O)O)C(=O)N[C@@H](Cc1ccccc1)C(N)=O. The molecule has 1 aliphatic carbocycles. The third-order valence-electron chi connectivity index (χ3n) is 11.3. The maximum atomic E-state index is 13.2. The van der Waals surface area contributed by atoms with E-state index >= 15 is 0 Å².